The standard InChI is InChI=1S/C22H22FN3O2.HI/c1-27-15-17-4-2-3-5-21(17)26-22(24)25-14-16-6-10-19(11-7-16)28-20-12-8-18(23)9-13-20;/h2-13H,14-15H2,1H3,(H3,24,25,26);1H. The SMILES string of the molecule is COCc1ccccc1NC(N)=NCc1ccc(Oc2ccc(F)cc2)cc1.I. The van der Waals surface area contributed by atoms with Crippen molar-refractivity contribution in [2.24, 2.45) is 10.7 Å². The van der Waals surface area contributed by atoms with Gasteiger partial charge in [-0.05, 0) is 48.0 Å². The average molecular weight is 507 g/mol. The molecule has 152 valence electrons. The molecule has 0 heterocycles. The van der Waals surface area contributed by atoms with E-state index in [9.17, 15) is 4.39 Å². The van der Waals surface area contributed by atoms with Crippen molar-refractivity contribution in [1.29, 1.82) is 0 Å². The number of nitrogens with zero attached hydrogens (tertiary/aromatic N) is 1. The van der Waals surface area contributed by atoms with E-state index in [0.717, 1.165) is 16.8 Å². The molecule has 5 nitrogen and oxygen atoms in total. The van der Waals surface area contributed by atoms with Crippen LogP contribution in [-0.4, -0.2) is 13.1 Å². The highest BCUT2D eigenvalue weighted by molar-refractivity contribution is 14.0. The minimum absolute atomic E-state index is 0. The Bertz CT molecular complexity index is 932. The number of hydrogen-bond acceptors (Lipinski definition) is 3. The zero-order chi connectivity index (χ0) is 19.8. The third-order valence-corrected chi connectivity index (χ3v) is 3.98. The second-order valence-electron chi connectivity index (χ2n) is 6.12. The molecule has 3 aromatic rings. The quantitative estimate of drug-likeness (QED) is 0.259. The summed E-state index contributed by atoms with van der Waals surface area (Å²) in [6.07, 6.45) is 0. The Kier molecular flexibility index (Phi) is 8.88. The van der Waals surface area contributed by atoms with E-state index in [-0.39, 0.29) is 29.8 Å². The lowest BCUT2D eigenvalue weighted by atomic mass is 10.2. The fourth-order valence-corrected chi connectivity index (χ4v) is 2.58. The van der Waals surface area contributed by atoms with E-state index in [1.807, 2.05) is 48.5 Å². The number of hydrogen-bond donors (Lipinski definition) is 2. The predicted molar refractivity (Wildman–Crippen MR) is 124 cm³/mol. The molecule has 0 spiro atoms. The number of halogens is 2. The lowest BCUT2D eigenvalue weighted by Gasteiger charge is -2.11. The largest absolute Gasteiger partial charge is 0.457 e. The zero-order valence-electron chi connectivity index (χ0n) is 16.0. The number of benzene rings is 3. The lowest BCUT2D eigenvalue weighted by Crippen LogP contribution is -2.23. The van der Waals surface area contributed by atoms with Gasteiger partial charge in [-0.2, -0.15) is 0 Å². The van der Waals surface area contributed by atoms with Gasteiger partial charge in [0.05, 0.1) is 13.2 Å². The molecule has 0 amide bonds. The second kappa shape index (κ2) is 11.4. The van der Waals surface area contributed by atoms with Crippen LogP contribution in [0, 0.1) is 5.82 Å². The van der Waals surface area contributed by atoms with Crippen molar-refractivity contribution >= 4 is 35.6 Å². The van der Waals surface area contributed by atoms with Crippen LogP contribution in [0.2, 0.25) is 0 Å². The minimum atomic E-state index is -0.295. The smallest absolute Gasteiger partial charge is 0.193 e. The van der Waals surface area contributed by atoms with Crippen molar-refractivity contribution in [2.75, 3.05) is 12.4 Å². The summed E-state index contributed by atoms with van der Waals surface area (Å²) in [6.45, 7) is 0.925. The first-order valence-corrected chi connectivity index (χ1v) is 8.80. The van der Waals surface area contributed by atoms with E-state index >= 15 is 0 Å². The molecule has 0 unspecified atom stereocenters. The summed E-state index contributed by atoms with van der Waals surface area (Å²) in [6, 6.07) is 21.2. The molecule has 0 aliphatic heterocycles. The molecule has 0 fully saturated rings. The van der Waals surface area contributed by atoms with Crippen LogP contribution in [-0.2, 0) is 17.9 Å². The molecule has 0 saturated heterocycles. The van der Waals surface area contributed by atoms with Crippen molar-refractivity contribution in [2.45, 2.75) is 13.2 Å². The highest BCUT2D eigenvalue weighted by atomic mass is 127. The first-order chi connectivity index (χ1) is 13.6. The van der Waals surface area contributed by atoms with Gasteiger partial charge >= 0.3 is 0 Å². The molecule has 0 saturated carbocycles. The summed E-state index contributed by atoms with van der Waals surface area (Å²) in [7, 11) is 1.65. The van der Waals surface area contributed by atoms with Crippen LogP contribution in [0.4, 0.5) is 10.1 Å². The number of nitrogens with one attached hydrogen (secondary N) is 1. The third kappa shape index (κ3) is 7.03. The number of aliphatic imine (C=N–C) groups is 1. The maximum Gasteiger partial charge on any atom is 0.193 e. The van der Waals surface area contributed by atoms with Gasteiger partial charge in [-0.25, -0.2) is 9.38 Å². The van der Waals surface area contributed by atoms with Gasteiger partial charge in [0.2, 0.25) is 0 Å². The molecular formula is C22H23FIN3O2. The maximum absolute atomic E-state index is 12.9. The van der Waals surface area contributed by atoms with E-state index in [1.165, 1.54) is 12.1 Å². The number of para-hydroxylation sites is 1. The molecule has 0 aliphatic rings. The number of ether oxygens (including phenoxy) is 2. The Morgan fingerprint density at radius 3 is 2.24 bits per heavy atom. The Hall–Kier alpha value is -2.65. The van der Waals surface area contributed by atoms with Crippen molar-refractivity contribution < 1.29 is 13.9 Å². The topological polar surface area (TPSA) is 68.9 Å². The van der Waals surface area contributed by atoms with Gasteiger partial charge in [0.1, 0.15) is 17.3 Å². The summed E-state index contributed by atoms with van der Waals surface area (Å²) >= 11 is 0. The van der Waals surface area contributed by atoms with Crippen molar-refractivity contribution in [3.8, 4) is 11.5 Å². The number of guanidine groups is 1. The van der Waals surface area contributed by atoms with Crippen LogP contribution >= 0.6 is 24.0 Å². The van der Waals surface area contributed by atoms with Gasteiger partial charge in [-0.1, -0.05) is 30.3 Å². The summed E-state index contributed by atoms with van der Waals surface area (Å²) in [5.74, 6) is 1.28. The molecule has 0 aliphatic carbocycles. The molecular weight excluding hydrogens is 484 g/mol. The first-order valence-electron chi connectivity index (χ1n) is 8.80. The number of methoxy groups -OCH3 is 1. The fraction of sp³-hybridized carbons (Fsp3) is 0.136. The van der Waals surface area contributed by atoms with Crippen LogP contribution in [0.1, 0.15) is 11.1 Å². The molecule has 29 heavy (non-hydrogen) atoms. The Balaban J connectivity index is 0.00000300. The van der Waals surface area contributed by atoms with Crippen molar-refractivity contribution in [3.63, 3.8) is 0 Å². The summed E-state index contributed by atoms with van der Waals surface area (Å²) in [5, 5.41) is 3.11. The molecule has 3 N–H and O–H groups in total. The summed E-state index contributed by atoms with van der Waals surface area (Å²) < 4.78 is 23.8. The van der Waals surface area contributed by atoms with Gasteiger partial charge in [0.15, 0.2) is 5.96 Å². The number of anilines is 1. The van der Waals surface area contributed by atoms with Crippen LogP contribution in [0.3, 0.4) is 0 Å². The monoisotopic (exact) mass is 507 g/mol. The summed E-state index contributed by atoms with van der Waals surface area (Å²) in [4.78, 5) is 4.37. The molecule has 7 heteroatoms. The van der Waals surface area contributed by atoms with E-state index in [1.54, 1.807) is 19.2 Å². The highest BCUT2D eigenvalue weighted by Crippen LogP contribution is 2.22. The van der Waals surface area contributed by atoms with E-state index < -0.39 is 0 Å². The predicted octanol–water partition coefficient (Wildman–Crippen LogP) is 5.31. The molecule has 3 aromatic carbocycles. The first kappa shape index (κ1) is 22.6. The van der Waals surface area contributed by atoms with Crippen LogP contribution in [0.25, 0.3) is 0 Å². The third-order valence-electron chi connectivity index (χ3n) is 3.98. The van der Waals surface area contributed by atoms with Gasteiger partial charge in [-0.15, -0.1) is 24.0 Å². The molecule has 0 atom stereocenters. The Morgan fingerprint density at radius 1 is 0.966 bits per heavy atom. The molecule has 0 radical (unpaired) electrons. The van der Waals surface area contributed by atoms with Crippen LogP contribution < -0.4 is 15.8 Å². The second-order valence-corrected chi connectivity index (χ2v) is 6.12. The van der Waals surface area contributed by atoms with Gasteiger partial charge in [-0.3, -0.25) is 0 Å². The van der Waals surface area contributed by atoms with Gasteiger partial charge in [0, 0.05) is 18.4 Å². The molecule has 3 rings (SSSR count). The van der Waals surface area contributed by atoms with E-state index in [0.29, 0.717) is 30.6 Å². The van der Waals surface area contributed by atoms with E-state index in [2.05, 4.69) is 10.3 Å². The van der Waals surface area contributed by atoms with Crippen LogP contribution in [0.5, 0.6) is 11.5 Å². The Labute approximate surface area is 186 Å². The van der Waals surface area contributed by atoms with E-state index in [4.69, 9.17) is 15.2 Å². The Morgan fingerprint density at radius 2 is 1.59 bits per heavy atom. The summed E-state index contributed by atoms with van der Waals surface area (Å²) in [5.41, 5.74) is 8.87. The normalized spacial score (nSPS) is 10.9. The van der Waals surface area contributed by atoms with Crippen LogP contribution in [0.15, 0.2) is 77.8 Å². The van der Waals surface area contributed by atoms with Crippen molar-refractivity contribution in [1.82, 2.24) is 0 Å². The molecule has 0 aromatic heterocycles. The van der Waals surface area contributed by atoms with Gasteiger partial charge < -0.3 is 20.5 Å². The molecule has 0 bridgehead atoms. The lowest BCUT2D eigenvalue weighted by molar-refractivity contribution is 0.185. The van der Waals surface area contributed by atoms with Crippen molar-refractivity contribution in [3.05, 3.63) is 89.7 Å². The zero-order valence-corrected chi connectivity index (χ0v) is 18.3. The minimum Gasteiger partial charge on any atom is -0.457 e. The number of rotatable bonds is 7. The average Bonchev–Trinajstić information content (AvgIpc) is 2.71. The fourth-order valence-electron chi connectivity index (χ4n) is 2.58. The number of nitrogens with two attached hydrogens (primary N) is 1. The maximum atomic E-state index is 12.9. The highest BCUT2D eigenvalue weighted by Gasteiger charge is 2.03. The van der Waals surface area contributed by atoms with Gasteiger partial charge in [0.25, 0.3) is 0 Å².